The third-order valence-corrected chi connectivity index (χ3v) is 6.76. The quantitative estimate of drug-likeness (QED) is 0.495. The molecule has 0 aliphatic carbocycles. The average molecular weight is 464 g/mol. The molecule has 5 rings (SSSR count). The van der Waals surface area contributed by atoms with E-state index in [4.69, 9.17) is 28.3 Å². The summed E-state index contributed by atoms with van der Waals surface area (Å²) < 4.78 is 0. The maximum absolute atomic E-state index is 13.5. The number of amides is 1. The van der Waals surface area contributed by atoms with Crippen molar-refractivity contribution >= 4 is 34.8 Å². The summed E-state index contributed by atoms with van der Waals surface area (Å²) in [6.45, 7) is 1.98. The highest BCUT2D eigenvalue weighted by atomic mass is 35.5. The fraction of sp³-hybridized carbons (Fsp3) is 0.231. The van der Waals surface area contributed by atoms with Gasteiger partial charge in [-0.1, -0.05) is 77.8 Å². The lowest BCUT2D eigenvalue weighted by Gasteiger charge is -2.30. The van der Waals surface area contributed by atoms with Crippen LogP contribution >= 0.6 is 23.2 Å². The molecule has 2 aliphatic rings. The van der Waals surface area contributed by atoms with Crippen molar-refractivity contribution in [2.24, 2.45) is 5.10 Å². The van der Waals surface area contributed by atoms with Crippen LogP contribution in [-0.2, 0) is 17.8 Å². The second-order valence-corrected chi connectivity index (χ2v) is 9.11. The zero-order valence-corrected chi connectivity index (χ0v) is 19.1. The molecule has 6 heteroatoms. The van der Waals surface area contributed by atoms with Crippen molar-refractivity contribution in [3.05, 3.63) is 105 Å². The summed E-state index contributed by atoms with van der Waals surface area (Å²) in [6, 6.07) is 23.6. The van der Waals surface area contributed by atoms with E-state index in [1.54, 1.807) is 5.01 Å². The first-order valence-electron chi connectivity index (χ1n) is 10.8. The Labute approximate surface area is 198 Å². The van der Waals surface area contributed by atoms with Crippen LogP contribution < -0.4 is 0 Å². The number of fused-ring (bicyclic) bond motifs is 1. The maximum Gasteiger partial charge on any atom is 0.257 e. The van der Waals surface area contributed by atoms with Gasteiger partial charge in [0.2, 0.25) is 0 Å². The summed E-state index contributed by atoms with van der Waals surface area (Å²) in [5.41, 5.74) is 5.37. The minimum atomic E-state index is -0.178. The number of carbonyl (C=O) groups excluding carboxylic acids is 1. The second-order valence-electron chi connectivity index (χ2n) is 8.27. The van der Waals surface area contributed by atoms with Gasteiger partial charge in [-0.05, 0) is 41.3 Å². The summed E-state index contributed by atoms with van der Waals surface area (Å²) >= 11 is 12.5. The minimum Gasteiger partial charge on any atom is -0.290 e. The van der Waals surface area contributed by atoms with Gasteiger partial charge in [-0.15, -0.1) is 0 Å². The Morgan fingerprint density at radius 3 is 2.44 bits per heavy atom. The molecule has 3 aromatic carbocycles. The predicted octanol–water partition coefficient (Wildman–Crippen LogP) is 5.73. The summed E-state index contributed by atoms with van der Waals surface area (Å²) in [5, 5.41) is 7.72. The molecule has 32 heavy (non-hydrogen) atoms. The third-order valence-electron chi connectivity index (χ3n) is 6.17. The Morgan fingerprint density at radius 2 is 1.66 bits per heavy atom. The minimum absolute atomic E-state index is 0.00798. The molecule has 0 bridgehead atoms. The molecule has 0 saturated heterocycles. The van der Waals surface area contributed by atoms with Gasteiger partial charge in [-0.25, -0.2) is 5.01 Å². The summed E-state index contributed by atoms with van der Waals surface area (Å²) in [4.78, 5) is 15.7. The molecule has 4 nitrogen and oxygen atoms in total. The maximum atomic E-state index is 13.5. The average Bonchev–Trinajstić information content (AvgIpc) is 3.25. The van der Waals surface area contributed by atoms with Crippen LogP contribution in [0.5, 0.6) is 0 Å². The van der Waals surface area contributed by atoms with E-state index in [2.05, 4.69) is 29.2 Å². The highest BCUT2D eigenvalue weighted by molar-refractivity contribution is 6.34. The fourth-order valence-electron chi connectivity index (χ4n) is 4.50. The molecule has 0 spiro atoms. The molecule has 0 radical (unpaired) electrons. The monoisotopic (exact) mass is 463 g/mol. The summed E-state index contributed by atoms with van der Waals surface area (Å²) in [7, 11) is 0. The van der Waals surface area contributed by atoms with E-state index in [1.807, 2.05) is 48.5 Å². The van der Waals surface area contributed by atoms with E-state index >= 15 is 0 Å². The van der Waals surface area contributed by atoms with Crippen molar-refractivity contribution < 1.29 is 4.79 Å². The molecule has 0 unspecified atom stereocenters. The molecule has 0 aromatic heterocycles. The van der Waals surface area contributed by atoms with E-state index in [-0.39, 0.29) is 11.9 Å². The Morgan fingerprint density at radius 1 is 0.938 bits per heavy atom. The van der Waals surface area contributed by atoms with E-state index in [0.717, 1.165) is 36.3 Å². The number of benzene rings is 3. The van der Waals surface area contributed by atoms with Crippen molar-refractivity contribution in [1.29, 1.82) is 0 Å². The van der Waals surface area contributed by atoms with Gasteiger partial charge in [0.1, 0.15) is 0 Å². The van der Waals surface area contributed by atoms with Gasteiger partial charge in [-0.2, -0.15) is 5.10 Å². The summed E-state index contributed by atoms with van der Waals surface area (Å²) in [5.74, 6) is -0.00798. The molecule has 162 valence electrons. The predicted molar refractivity (Wildman–Crippen MR) is 129 cm³/mol. The third kappa shape index (κ3) is 4.31. The van der Waals surface area contributed by atoms with Crippen molar-refractivity contribution in [2.75, 3.05) is 13.1 Å². The number of carbonyl (C=O) groups is 1. The number of hydrogen-bond donors (Lipinski definition) is 0. The zero-order valence-electron chi connectivity index (χ0n) is 17.5. The lowest BCUT2D eigenvalue weighted by molar-refractivity contribution is -0.134. The van der Waals surface area contributed by atoms with Crippen molar-refractivity contribution in [1.82, 2.24) is 9.91 Å². The topological polar surface area (TPSA) is 35.9 Å². The van der Waals surface area contributed by atoms with E-state index in [1.165, 1.54) is 11.1 Å². The summed E-state index contributed by atoms with van der Waals surface area (Å²) in [6.07, 6.45) is 1.57. The van der Waals surface area contributed by atoms with Crippen LogP contribution in [0.1, 0.15) is 34.7 Å². The number of halogens is 2. The molecule has 2 aliphatic heterocycles. The first-order chi connectivity index (χ1) is 15.6. The molecule has 2 heterocycles. The first kappa shape index (κ1) is 21.2. The highest BCUT2D eigenvalue weighted by Gasteiger charge is 2.34. The van der Waals surface area contributed by atoms with Gasteiger partial charge in [0.15, 0.2) is 0 Å². The van der Waals surface area contributed by atoms with Gasteiger partial charge in [0.05, 0.1) is 18.3 Å². The van der Waals surface area contributed by atoms with Crippen LogP contribution in [0.3, 0.4) is 0 Å². The molecule has 0 N–H and O–H groups in total. The van der Waals surface area contributed by atoms with E-state index in [0.29, 0.717) is 23.0 Å². The van der Waals surface area contributed by atoms with Crippen LogP contribution in [0.2, 0.25) is 10.0 Å². The van der Waals surface area contributed by atoms with Crippen LogP contribution in [0.25, 0.3) is 0 Å². The van der Waals surface area contributed by atoms with Gasteiger partial charge in [-0.3, -0.25) is 9.69 Å². The highest BCUT2D eigenvalue weighted by Crippen LogP contribution is 2.35. The molecule has 3 aromatic rings. The van der Waals surface area contributed by atoms with Crippen molar-refractivity contribution in [3.8, 4) is 0 Å². The van der Waals surface area contributed by atoms with Crippen LogP contribution in [0, 0.1) is 0 Å². The molecule has 1 amide bonds. The van der Waals surface area contributed by atoms with E-state index < -0.39 is 0 Å². The molecule has 1 atom stereocenters. The number of hydrazone groups is 1. The van der Waals surface area contributed by atoms with Gasteiger partial charge < -0.3 is 0 Å². The number of hydrogen-bond acceptors (Lipinski definition) is 3. The van der Waals surface area contributed by atoms with Crippen LogP contribution in [0.4, 0.5) is 0 Å². The zero-order chi connectivity index (χ0) is 22.1. The Balaban J connectivity index is 1.41. The number of rotatable bonds is 4. The first-order valence-corrected chi connectivity index (χ1v) is 11.5. The van der Waals surface area contributed by atoms with Crippen LogP contribution in [0.15, 0.2) is 77.9 Å². The van der Waals surface area contributed by atoms with E-state index in [9.17, 15) is 4.79 Å². The second kappa shape index (κ2) is 9.07. The SMILES string of the molecule is O=C(CN1CCc2ccccc2C1)N1N=C(c2ccccc2Cl)C[C@@H]1c1ccc(Cl)cc1. The molecule has 0 fully saturated rings. The lowest BCUT2D eigenvalue weighted by atomic mass is 9.98. The van der Waals surface area contributed by atoms with Crippen molar-refractivity contribution in [3.63, 3.8) is 0 Å². The Hall–Kier alpha value is -2.66. The van der Waals surface area contributed by atoms with Crippen molar-refractivity contribution in [2.45, 2.75) is 25.4 Å². The van der Waals surface area contributed by atoms with Gasteiger partial charge in [0, 0.05) is 35.1 Å². The Kier molecular flexibility index (Phi) is 6.01. The standard InChI is InChI=1S/C26H23Cl2N3O/c27-21-11-9-19(10-12-21)25-15-24(22-7-3-4-8-23(22)28)29-31(25)26(32)17-30-14-13-18-5-1-2-6-20(18)16-30/h1-12,25H,13-17H2/t25-/m1/s1. The molecular formula is C26H23Cl2N3O. The number of nitrogens with zero attached hydrogens (tertiary/aromatic N) is 3. The van der Waals surface area contributed by atoms with Gasteiger partial charge >= 0.3 is 0 Å². The lowest BCUT2D eigenvalue weighted by Crippen LogP contribution is -2.40. The normalized spacial score (nSPS) is 18.4. The fourth-order valence-corrected chi connectivity index (χ4v) is 4.87. The van der Waals surface area contributed by atoms with Gasteiger partial charge in [0.25, 0.3) is 5.91 Å². The largest absolute Gasteiger partial charge is 0.290 e. The van der Waals surface area contributed by atoms with Crippen LogP contribution in [-0.4, -0.2) is 34.6 Å². The Bertz CT molecular complexity index is 1180. The molecule has 0 saturated carbocycles. The molecular weight excluding hydrogens is 441 g/mol. The smallest absolute Gasteiger partial charge is 0.257 e.